The van der Waals surface area contributed by atoms with E-state index < -0.39 is 6.10 Å². The van der Waals surface area contributed by atoms with E-state index in [2.05, 4.69) is 45.1 Å². The molecule has 0 saturated heterocycles. The Morgan fingerprint density at radius 1 is 0.250 bits per heavy atom. The minimum atomic E-state index is -0.765. The van der Waals surface area contributed by atoms with Crippen LogP contribution in [0.2, 0.25) is 0 Å². The topological polar surface area (TPSA) is 78.9 Å². The Bertz CT molecular complexity index is 1290. The smallest absolute Gasteiger partial charge is 0.306 e. The van der Waals surface area contributed by atoms with E-state index in [1.807, 2.05) is 0 Å². The van der Waals surface area contributed by atoms with Gasteiger partial charge in [0.25, 0.3) is 0 Å². The minimum absolute atomic E-state index is 0.0631. The zero-order valence-electron chi connectivity index (χ0n) is 54.4. The predicted octanol–water partition coefficient (Wildman–Crippen LogP) is 25.0. The van der Waals surface area contributed by atoms with E-state index in [-0.39, 0.29) is 31.1 Å². The number of ether oxygens (including phenoxy) is 3. The van der Waals surface area contributed by atoms with Crippen molar-refractivity contribution in [3.63, 3.8) is 0 Å². The molecule has 0 fully saturated rings. The summed E-state index contributed by atoms with van der Waals surface area (Å²) in [7, 11) is 0. The molecule has 0 amide bonds. The second kappa shape index (κ2) is 69.4. The second-order valence-corrected chi connectivity index (χ2v) is 24.9. The van der Waals surface area contributed by atoms with E-state index >= 15 is 0 Å². The molecule has 0 aliphatic carbocycles. The van der Waals surface area contributed by atoms with Crippen LogP contribution in [0.1, 0.15) is 412 Å². The van der Waals surface area contributed by atoms with Crippen LogP contribution in [-0.4, -0.2) is 37.2 Å². The van der Waals surface area contributed by atoms with Crippen molar-refractivity contribution < 1.29 is 28.6 Å². The predicted molar refractivity (Wildman–Crippen MR) is 349 cm³/mol. The van der Waals surface area contributed by atoms with Gasteiger partial charge < -0.3 is 14.2 Å². The molecule has 0 aliphatic rings. The SMILES string of the molecule is CCCCCCC/C=C\C/C=C\CCCCCCCCCCCCCCCCCCCCCC(=O)OCC(COC(=O)CCCCCCCCCCCCC)OC(=O)CCCCCCCCCCCCCCCCCCCCCC. The molecule has 6 nitrogen and oxygen atoms in total. The molecule has 1 unspecified atom stereocenters. The highest BCUT2D eigenvalue weighted by Crippen LogP contribution is 2.19. The van der Waals surface area contributed by atoms with Crippen LogP contribution in [0.4, 0.5) is 0 Å². The average molecular weight is 1130 g/mol. The monoisotopic (exact) mass is 1130 g/mol. The fourth-order valence-corrected chi connectivity index (χ4v) is 11.2. The van der Waals surface area contributed by atoms with Gasteiger partial charge in [-0.05, 0) is 51.4 Å². The maximum atomic E-state index is 12.9. The van der Waals surface area contributed by atoms with E-state index in [4.69, 9.17) is 14.2 Å². The Morgan fingerprint density at radius 2 is 0.450 bits per heavy atom. The number of hydrogen-bond acceptors (Lipinski definition) is 6. The lowest BCUT2D eigenvalue weighted by Crippen LogP contribution is -2.30. The standard InChI is InChI=1S/C74H140O6/c1-4-7-10-13-16-19-22-24-26-28-30-32-33-34-35-36-37-38-39-40-41-42-44-45-47-49-52-55-58-61-64-67-73(76)79-70-71(69-78-72(75)66-63-60-57-54-51-21-18-15-12-9-6-3)80-74(77)68-65-62-59-56-53-50-48-46-43-31-29-27-25-23-20-17-14-11-8-5-2/h22,24,28,30,71H,4-21,23,25-27,29,31-70H2,1-3H3/b24-22-,30-28-. The van der Waals surface area contributed by atoms with Gasteiger partial charge in [-0.15, -0.1) is 0 Å². The summed E-state index contributed by atoms with van der Waals surface area (Å²) in [5.74, 6) is -0.829. The number of carbonyl (C=O) groups is 3. The Morgan fingerprint density at radius 3 is 0.688 bits per heavy atom. The molecule has 0 heterocycles. The highest BCUT2D eigenvalue weighted by Gasteiger charge is 2.19. The third-order valence-corrected chi connectivity index (χ3v) is 16.7. The van der Waals surface area contributed by atoms with Gasteiger partial charge in [0.15, 0.2) is 6.10 Å². The lowest BCUT2D eigenvalue weighted by Gasteiger charge is -2.18. The first-order chi connectivity index (χ1) is 39.5. The molecule has 0 saturated carbocycles. The molecule has 0 spiro atoms. The molecule has 6 heteroatoms. The van der Waals surface area contributed by atoms with Gasteiger partial charge in [-0.1, -0.05) is 366 Å². The van der Waals surface area contributed by atoms with Crippen molar-refractivity contribution >= 4 is 17.9 Å². The molecule has 0 aromatic carbocycles. The van der Waals surface area contributed by atoms with Crippen LogP contribution in [0.25, 0.3) is 0 Å². The third-order valence-electron chi connectivity index (χ3n) is 16.7. The van der Waals surface area contributed by atoms with Crippen LogP contribution in [-0.2, 0) is 28.6 Å². The summed E-state index contributed by atoms with van der Waals surface area (Å²) in [5.41, 5.74) is 0. The molecule has 0 rings (SSSR count). The van der Waals surface area contributed by atoms with Crippen molar-refractivity contribution in [1.29, 1.82) is 0 Å². The van der Waals surface area contributed by atoms with Gasteiger partial charge in [-0.2, -0.15) is 0 Å². The quantitative estimate of drug-likeness (QED) is 0.0261. The van der Waals surface area contributed by atoms with E-state index in [1.54, 1.807) is 0 Å². The highest BCUT2D eigenvalue weighted by atomic mass is 16.6. The van der Waals surface area contributed by atoms with Gasteiger partial charge in [-0.3, -0.25) is 14.4 Å². The number of allylic oxidation sites excluding steroid dienone is 4. The summed E-state index contributed by atoms with van der Waals surface area (Å²) in [6, 6.07) is 0. The van der Waals surface area contributed by atoms with Crippen LogP contribution < -0.4 is 0 Å². The van der Waals surface area contributed by atoms with E-state index in [1.165, 1.54) is 308 Å². The average Bonchev–Trinajstić information content (AvgIpc) is 3.46. The van der Waals surface area contributed by atoms with Crippen LogP contribution in [0.15, 0.2) is 24.3 Å². The largest absolute Gasteiger partial charge is 0.462 e. The van der Waals surface area contributed by atoms with E-state index in [9.17, 15) is 14.4 Å². The normalized spacial score (nSPS) is 12.1. The fraction of sp³-hybridized carbons (Fsp3) is 0.905. The minimum Gasteiger partial charge on any atom is -0.462 e. The zero-order chi connectivity index (χ0) is 57.8. The molecule has 0 N–H and O–H groups in total. The Labute approximate surface area is 500 Å². The van der Waals surface area contributed by atoms with Crippen molar-refractivity contribution in [3.05, 3.63) is 24.3 Å². The van der Waals surface area contributed by atoms with E-state index in [0.717, 1.165) is 64.2 Å². The summed E-state index contributed by atoms with van der Waals surface area (Å²) in [6.45, 7) is 6.71. The van der Waals surface area contributed by atoms with Crippen LogP contribution >= 0.6 is 0 Å². The first-order valence-corrected chi connectivity index (χ1v) is 36.3. The number of rotatable bonds is 68. The van der Waals surface area contributed by atoms with Gasteiger partial charge in [0.05, 0.1) is 0 Å². The number of hydrogen-bond donors (Lipinski definition) is 0. The molecular formula is C74H140O6. The molecule has 80 heavy (non-hydrogen) atoms. The Kier molecular flexibility index (Phi) is 67.6. The van der Waals surface area contributed by atoms with Gasteiger partial charge in [0.2, 0.25) is 0 Å². The van der Waals surface area contributed by atoms with Crippen molar-refractivity contribution in [1.82, 2.24) is 0 Å². The summed E-state index contributed by atoms with van der Waals surface area (Å²) in [5, 5.41) is 0. The summed E-state index contributed by atoms with van der Waals surface area (Å²) >= 11 is 0. The van der Waals surface area contributed by atoms with Crippen LogP contribution in [0, 0.1) is 0 Å². The number of unbranched alkanes of at least 4 members (excludes halogenated alkanes) is 53. The van der Waals surface area contributed by atoms with Crippen molar-refractivity contribution in [2.24, 2.45) is 0 Å². The molecule has 1 atom stereocenters. The Hall–Kier alpha value is -2.11. The molecule has 0 aliphatic heterocycles. The molecule has 0 aromatic rings. The van der Waals surface area contributed by atoms with Gasteiger partial charge in [0, 0.05) is 19.3 Å². The summed E-state index contributed by atoms with van der Waals surface area (Å²) in [4.78, 5) is 38.4. The maximum absolute atomic E-state index is 12.9. The first-order valence-electron chi connectivity index (χ1n) is 36.3. The van der Waals surface area contributed by atoms with E-state index in [0.29, 0.717) is 19.3 Å². The number of esters is 3. The molecular weight excluding hydrogens is 985 g/mol. The third kappa shape index (κ3) is 66.7. The molecule has 0 aromatic heterocycles. The lowest BCUT2D eigenvalue weighted by atomic mass is 10.0. The molecule has 472 valence electrons. The first kappa shape index (κ1) is 77.9. The molecule has 0 radical (unpaired) electrons. The zero-order valence-corrected chi connectivity index (χ0v) is 54.4. The van der Waals surface area contributed by atoms with Crippen molar-refractivity contribution in [2.75, 3.05) is 13.2 Å². The van der Waals surface area contributed by atoms with Gasteiger partial charge in [-0.25, -0.2) is 0 Å². The Balaban J connectivity index is 4.10. The summed E-state index contributed by atoms with van der Waals surface area (Å²) in [6.07, 6.45) is 85.1. The maximum Gasteiger partial charge on any atom is 0.306 e. The lowest BCUT2D eigenvalue weighted by molar-refractivity contribution is -0.167. The van der Waals surface area contributed by atoms with Crippen LogP contribution in [0.3, 0.4) is 0 Å². The van der Waals surface area contributed by atoms with Crippen molar-refractivity contribution in [2.45, 2.75) is 419 Å². The number of carbonyl (C=O) groups excluding carboxylic acids is 3. The van der Waals surface area contributed by atoms with Gasteiger partial charge >= 0.3 is 17.9 Å². The highest BCUT2D eigenvalue weighted by molar-refractivity contribution is 5.71. The second-order valence-electron chi connectivity index (χ2n) is 24.9. The summed E-state index contributed by atoms with van der Waals surface area (Å²) < 4.78 is 17.0. The van der Waals surface area contributed by atoms with Crippen LogP contribution in [0.5, 0.6) is 0 Å². The van der Waals surface area contributed by atoms with Gasteiger partial charge in [0.1, 0.15) is 13.2 Å². The van der Waals surface area contributed by atoms with Crippen molar-refractivity contribution in [3.8, 4) is 0 Å². The fourth-order valence-electron chi connectivity index (χ4n) is 11.2. The molecule has 0 bridgehead atoms.